The number of nitrogens with zero attached hydrogens (tertiary/aromatic N) is 2. The average Bonchev–Trinajstić information content (AvgIpc) is 2.70. The predicted molar refractivity (Wildman–Crippen MR) is 113 cm³/mol. The fourth-order valence-corrected chi connectivity index (χ4v) is 2.84. The number of anilines is 2. The van der Waals surface area contributed by atoms with Gasteiger partial charge in [0.05, 0.1) is 5.69 Å². The van der Waals surface area contributed by atoms with Gasteiger partial charge in [0, 0.05) is 29.9 Å². The van der Waals surface area contributed by atoms with E-state index in [4.69, 9.17) is 0 Å². The number of amides is 2. The van der Waals surface area contributed by atoms with Gasteiger partial charge in [0.25, 0.3) is 5.56 Å². The number of para-hydroxylation sites is 1. The number of benzene rings is 2. The summed E-state index contributed by atoms with van der Waals surface area (Å²) in [5.41, 5.74) is 3.10. The molecule has 7 nitrogen and oxygen atoms in total. The van der Waals surface area contributed by atoms with Gasteiger partial charge in [-0.15, -0.1) is 0 Å². The highest BCUT2D eigenvalue weighted by Crippen LogP contribution is 2.24. The van der Waals surface area contributed by atoms with Gasteiger partial charge in [-0.1, -0.05) is 30.3 Å². The first-order valence-electron chi connectivity index (χ1n) is 9.19. The molecule has 2 aromatic carbocycles. The molecular weight excluding hydrogens is 368 g/mol. The highest BCUT2D eigenvalue weighted by atomic mass is 16.2. The minimum absolute atomic E-state index is 0.172. The Balaban J connectivity index is 1.91. The largest absolute Gasteiger partial charge is 0.326 e. The zero-order valence-electron chi connectivity index (χ0n) is 16.5. The second-order valence-corrected chi connectivity index (χ2v) is 6.74. The van der Waals surface area contributed by atoms with Crippen molar-refractivity contribution in [1.82, 2.24) is 9.78 Å². The van der Waals surface area contributed by atoms with Crippen molar-refractivity contribution in [3.8, 4) is 11.3 Å². The van der Waals surface area contributed by atoms with Gasteiger partial charge in [-0.2, -0.15) is 5.10 Å². The highest BCUT2D eigenvalue weighted by molar-refractivity contribution is 5.93. The number of carbonyl (C=O) groups excluding carboxylic acids is 2. The minimum Gasteiger partial charge on any atom is -0.326 e. The van der Waals surface area contributed by atoms with Crippen molar-refractivity contribution in [2.45, 2.75) is 26.8 Å². The predicted octanol–water partition coefficient (Wildman–Crippen LogP) is 3.38. The summed E-state index contributed by atoms with van der Waals surface area (Å²) < 4.78 is 1.16. The van der Waals surface area contributed by atoms with Gasteiger partial charge in [0.2, 0.25) is 11.8 Å². The number of aryl methyl sites for hydroxylation is 1. The number of rotatable bonds is 5. The maximum atomic E-state index is 12.6. The monoisotopic (exact) mass is 390 g/mol. The molecule has 0 unspecified atom stereocenters. The summed E-state index contributed by atoms with van der Waals surface area (Å²) in [5, 5.41) is 9.94. The Bertz CT molecular complexity index is 1110. The molecule has 3 aromatic rings. The van der Waals surface area contributed by atoms with E-state index in [2.05, 4.69) is 15.7 Å². The Morgan fingerprint density at radius 3 is 2.41 bits per heavy atom. The van der Waals surface area contributed by atoms with Crippen LogP contribution in [0.15, 0.2) is 65.5 Å². The molecule has 0 radical (unpaired) electrons. The molecule has 0 aliphatic heterocycles. The molecule has 0 fully saturated rings. The van der Waals surface area contributed by atoms with Crippen molar-refractivity contribution >= 4 is 23.2 Å². The van der Waals surface area contributed by atoms with Crippen molar-refractivity contribution in [2.75, 3.05) is 10.6 Å². The van der Waals surface area contributed by atoms with E-state index in [0.717, 1.165) is 15.8 Å². The van der Waals surface area contributed by atoms with E-state index < -0.39 is 6.04 Å². The number of aromatic nitrogens is 2. The van der Waals surface area contributed by atoms with Crippen molar-refractivity contribution in [3.63, 3.8) is 0 Å². The van der Waals surface area contributed by atoms with Crippen LogP contribution < -0.4 is 16.2 Å². The maximum Gasteiger partial charge on any atom is 0.267 e. The van der Waals surface area contributed by atoms with Crippen LogP contribution >= 0.6 is 0 Å². The molecule has 1 atom stereocenters. The summed E-state index contributed by atoms with van der Waals surface area (Å²) in [7, 11) is 0. The third-order valence-corrected chi connectivity index (χ3v) is 4.46. The van der Waals surface area contributed by atoms with Crippen molar-refractivity contribution in [3.05, 3.63) is 76.6 Å². The van der Waals surface area contributed by atoms with Crippen LogP contribution in [0.1, 0.15) is 25.5 Å². The Kier molecular flexibility index (Phi) is 5.87. The molecule has 0 aliphatic carbocycles. The van der Waals surface area contributed by atoms with Crippen LogP contribution in [0.5, 0.6) is 0 Å². The molecule has 7 heteroatoms. The lowest BCUT2D eigenvalue weighted by Gasteiger charge is -2.15. The lowest BCUT2D eigenvalue weighted by molar-refractivity contribution is -0.119. The zero-order valence-corrected chi connectivity index (χ0v) is 16.5. The van der Waals surface area contributed by atoms with Gasteiger partial charge >= 0.3 is 0 Å². The minimum atomic E-state index is -0.803. The molecule has 0 saturated heterocycles. The summed E-state index contributed by atoms with van der Waals surface area (Å²) in [6, 6.07) is 16.7. The molecule has 2 N–H and O–H groups in total. The van der Waals surface area contributed by atoms with E-state index in [1.165, 1.54) is 13.0 Å². The number of hydrogen-bond donors (Lipinski definition) is 2. The Labute approximate surface area is 168 Å². The van der Waals surface area contributed by atoms with Gasteiger partial charge < -0.3 is 10.6 Å². The van der Waals surface area contributed by atoms with Crippen LogP contribution in [-0.2, 0) is 9.59 Å². The summed E-state index contributed by atoms with van der Waals surface area (Å²) in [6.07, 6.45) is 0. The van der Waals surface area contributed by atoms with E-state index in [9.17, 15) is 14.4 Å². The Morgan fingerprint density at radius 1 is 1.00 bits per heavy atom. The molecule has 3 rings (SSSR count). The van der Waals surface area contributed by atoms with Crippen molar-refractivity contribution in [2.24, 2.45) is 0 Å². The van der Waals surface area contributed by atoms with E-state index in [1.807, 2.05) is 37.3 Å². The van der Waals surface area contributed by atoms with Gasteiger partial charge in [0.15, 0.2) is 0 Å². The van der Waals surface area contributed by atoms with Crippen LogP contribution in [0.4, 0.5) is 11.4 Å². The first-order chi connectivity index (χ1) is 13.8. The molecule has 2 amide bonds. The molecule has 1 heterocycles. The van der Waals surface area contributed by atoms with Crippen LogP contribution in [0.3, 0.4) is 0 Å². The first-order valence-corrected chi connectivity index (χ1v) is 9.19. The molecule has 148 valence electrons. The zero-order chi connectivity index (χ0) is 21.0. The standard InChI is InChI=1S/C22H22N4O3/c1-14-9-10-17(13-20(14)23-16(3)27)19-11-12-21(28)26(25-19)15(2)22(29)24-18-7-5-4-6-8-18/h4-13,15H,1-3H3,(H,23,27)(H,24,29)/t15-/m0/s1. The van der Waals surface area contributed by atoms with Gasteiger partial charge in [-0.3, -0.25) is 14.4 Å². The second-order valence-electron chi connectivity index (χ2n) is 6.74. The summed E-state index contributed by atoms with van der Waals surface area (Å²) in [4.78, 5) is 36.3. The van der Waals surface area contributed by atoms with E-state index in [1.54, 1.807) is 31.2 Å². The van der Waals surface area contributed by atoms with Gasteiger partial charge in [-0.05, 0) is 43.7 Å². The smallest absolute Gasteiger partial charge is 0.267 e. The van der Waals surface area contributed by atoms with Crippen LogP contribution in [0.2, 0.25) is 0 Å². The average molecular weight is 390 g/mol. The normalized spacial score (nSPS) is 11.6. The lowest BCUT2D eigenvalue weighted by Crippen LogP contribution is -2.33. The summed E-state index contributed by atoms with van der Waals surface area (Å²) >= 11 is 0. The number of hydrogen-bond acceptors (Lipinski definition) is 4. The molecular formula is C22H22N4O3. The molecule has 1 aromatic heterocycles. The van der Waals surface area contributed by atoms with E-state index in [-0.39, 0.29) is 17.4 Å². The SMILES string of the molecule is CC(=O)Nc1cc(-c2ccc(=O)n([C@@H](C)C(=O)Nc3ccccc3)n2)ccc1C. The van der Waals surface area contributed by atoms with Crippen molar-refractivity contribution in [1.29, 1.82) is 0 Å². The third-order valence-electron chi connectivity index (χ3n) is 4.46. The van der Waals surface area contributed by atoms with Crippen LogP contribution in [-0.4, -0.2) is 21.6 Å². The fraction of sp³-hybridized carbons (Fsp3) is 0.182. The molecule has 0 aliphatic rings. The van der Waals surface area contributed by atoms with Gasteiger partial charge in [0.1, 0.15) is 6.04 Å². The van der Waals surface area contributed by atoms with Gasteiger partial charge in [-0.25, -0.2) is 4.68 Å². The van der Waals surface area contributed by atoms with E-state index in [0.29, 0.717) is 17.1 Å². The second kappa shape index (κ2) is 8.52. The maximum absolute atomic E-state index is 12.6. The molecule has 29 heavy (non-hydrogen) atoms. The lowest BCUT2D eigenvalue weighted by atomic mass is 10.1. The third kappa shape index (κ3) is 4.76. The highest BCUT2D eigenvalue weighted by Gasteiger charge is 2.18. The first kappa shape index (κ1) is 20.0. The molecule has 0 spiro atoms. The van der Waals surface area contributed by atoms with E-state index >= 15 is 0 Å². The quantitative estimate of drug-likeness (QED) is 0.698. The van der Waals surface area contributed by atoms with Crippen molar-refractivity contribution < 1.29 is 9.59 Å². The molecule has 0 bridgehead atoms. The Hall–Kier alpha value is -3.74. The number of nitrogens with one attached hydrogen (secondary N) is 2. The van der Waals surface area contributed by atoms with Crippen LogP contribution in [0.25, 0.3) is 11.3 Å². The molecule has 0 saturated carbocycles. The summed E-state index contributed by atoms with van der Waals surface area (Å²) in [6.45, 7) is 4.95. The number of carbonyl (C=O) groups is 2. The fourth-order valence-electron chi connectivity index (χ4n) is 2.84. The Morgan fingerprint density at radius 2 is 1.72 bits per heavy atom. The summed E-state index contributed by atoms with van der Waals surface area (Å²) in [5.74, 6) is -0.514. The topological polar surface area (TPSA) is 93.1 Å². The van der Waals surface area contributed by atoms with Crippen LogP contribution in [0, 0.1) is 6.92 Å².